The van der Waals surface area contributed by atoms with Crippen LogP contribution in [-0.2, 0) is 0 Å². The first kappa shape index (κ1) is 13.6. The van der Waals surface area contributed by atoms with Gasteiger partial charge in [-0.05, 0) is 28.7 Å². The molecule has 2 heteroatoms. The Morgan fingerprint density at radius 3 is 2.00 bits per heavy atom. The molecule has 0 aliphatic heterocycles. The largest absolute Gasteiger partial charge is 0.0840 e. The second-order valence-electron chi connectivity index (χ2n) is 4.71. The van der Waals surface area contributed by atoms with Crippen LogP contribution in [0.25, 0.3) is 0 Å². The van der Waals surface area contributed by atoms with E-state index in [0.717, 1.165) is 10.6 Å². The van der Waals surface area contributed by atoms with Crippen LogP contribution in [0.1, 0.15) is 41.3 Å². The maximum Gasteiger partial charge on any atom is 0.0659 e. The van der Waals surface area contributed by atoms with Gasteiger partial charge in [0.15, 0.2) is 0 Å². The van der Waals surface area contributed by atoms with Gasteiger partial charge < -0.3 is 0 Å². The lowest BCUT2D eigenvalue weighted by Crippen LogP contribution is -1.95. The molecular weight excluding hydrogens is 308 g/mol. The number of benzene rings is 2. The van der Waals surface area contributed by atoms with Crippen molar-refractivity contribution in [1.29, 1.82) is 0 Å². The van der Waals surface area contributed by atoms with Crippen LogP contribution in [0.2, 0.25) is 5.02 Å². The second-order valence-corrected chi connectivity index (χ2v) is 6.03. The first-order valence-electron chi connectivity index (χ1n) is 6.08. The van der Waals surface area contributed by atoms with Crippen molar-refractivity contribution in [3.05, 3.63) is 70.2 Å². The van der Waals surface area contributed by atoms with Crippen LogP contribution < -0.4 is 0 Å². The lowest BCUT2D eigenvalue weighted by atomic mass is 9.99. The Bertz CT molecular complexity index is 517. The van der Waals surface area contributed by atoms with E-state index in [9.17, 15) is 0 Å². The standard InChI is InChI=1S/C16H16BrCl/c1-11(2)12-7-9-13(10-8-12)16(17)14-5-3-4-6-15(14)18/h3-11,16H,1-2H3. The third-order valence-electron chi connectivity index (χ3n) is 3.07. The lowest BCUT2D eigenvalue weighted by Gasteiger charge is -2.14. The van der Waals surface area contributed by atoms with Crippen LogP contribution in [0, 0.1) is 0 Å². The zero-order valence-corrected chi connectivity index (χ0v) is 12.9. The van der Waals surface area contributed by atoms with Gasteiger partial charge in [-0.2, -0.15) is 0 Å². The summed E-state index contributed by atoms with van der Waals surface area (Å²) in [5, 5.41) is 0.798. The molecule has 0 bridgehead atoms. The van der Waals surface area contributed by atoms with Crippen molar-refractivity contribution in [1.82, 2.24) is 0 Å². The monoisotopic (exact) mass is 322 g/mol. The van der Waals surface area contributed by atoms with E-state index in [0.29, 0.717) is 5.92 Å². The highest BCUT2D eigenvalue weighted by Gasteiger charge is 2.13. The van der Waals surface area contributed by atoms with E-state index in [-0.39, 0.29) is 4.83 Å². The minimum absolute atomic E-state index is 0.146. The van der Waals surface area contributed by atoms with E-state index in [2.05, 4.69) is 60.1 Å². The fourth-order valence-corrected chi connectivity index (χ4v) is 2.99. The maximum absolute atomic E-state index is 6.22. The summed E-state index contributed by atoms with van der Waals surface area (Å²) in [6.45, 7) is 4.41. The molecule has 0 fully saturated rings. The third kappa shape index (κ3) is 2.96. The molecule has 94 valence electrons. The van der Waals surface area contributed by atoms with Gasteiger partial charge in [-0.1, -0.05) is 83.8 Å². The molecule has 18 heavy (non-hydrogen) atoms. The molecule has 0 heterocycles. The molecule has 0 aliphatic rings. The molecule has 0 saturated carbocycles. The van der Waals surface area contributed by atoms with Crippen LogP contribution in [0.15, 0.2) is 48.5 Å². The van der Waals surface area contributed by atoms with Gasteiger partial charge in [0.2, 0.25) is 0 Å². The van der Waals surface area contributed by atoms with Crippen molar-refractivity contribution in [3.63, 3.8) is 0 Å². The highest BCUT2D eigenvalue weighted by atomic mass is 79.9. The first-order chi connectivity index (χ1) is 8.59. The van der Waals surface area contributed by atoms with Crippen LogP contribution in [0.4, 0.5) is 0 Å². The van der Waals surface area contributed by atoms with Crippen LogP contribution in [-0.4, -0.2) is 0 Å². The summed E-state index contributed by atoms with van der Waals surface area (Å²) >= 11 is 9.94. The minimum Gasteiger partial charge on any atom is -0.0840 e. The average molecular weight is 324 g/mol. The number of alkyl halides is 1. The van der Waals surface area contributed by atoms with Gasteiger partial charge in [0, 0.05) is 5.02 Å². The van der Waals surface area contributed by atoms with Crippen LogP contribution >= 0.6 is 27.5 Å². The molecule has 1 atom stereocenters. The molecule has 0 saturated heterocycles. The van der Waals surface area contributed by atoms with Crippen molar-refractivity contribution >= 4 is 27.5 Å². The van der Waals surface area contributed by atoms with Gasteiger partial charge in [-0.3, -0.25) is 0 Å². The van der Waals surface area contributed by atoms with E-state index in [1.54, 1.807) is 0 Å². The molecule has 0 spiro atoms. The Labute approximate surface area is 122 Å². The predicted molar refractivity (Wildman–Crippen MR) is 82.8 cm³/mol. The molecule has 0 aliphatic carbocycles. The Balaban J connectivity index is 2.29. The van der Waals surface area contributed by atoms with Crippen LogP contribution in [0.5, 0.6) is 0 Å². The van der Waals surface area contributed by atoms with Gasteiger partial charge in [0.1, 0.15) is 0 Å². The maximum atomic E-state index is 6.22. The lowest BCUT2D eigenvalue weighted by molar-refractivity contribution is 0.865. The van der Waals surface area contributed by atoms with Gasteiger partial charge in [0.25, 0.3) is 0 Å². The van der Waals surface area contributed by atoms with E-state index >= 15 is 0 Å². The third-order valence-corrected chi connectivity index (χ3v) is 4.44. The second kappa shape index (κ2) is 5.90. The zero-order valence-electron chi connectivity index (χ0n) is 10.5. The fourth-order valence-electron chi connectivity index (χ4n) is 1.91. The Kier molecular flexibility index (Phi) is 4.47. The summed E-state index contributed by atoms with van der Waals surface area (Å²) < 4.78 is 0. The average Bonchev–Trinajstić information content (AvgIpc) is 2.38. The Morgan fingerprint density at radius 2 is 1.44 bits per heavy atom. The summed E-state index contributed by atoms with van der Waals surface area (Å²) in [5.74, 6) is 0.563. The summed E-state index contributed by atoms with van der Waals surface area (Å²) in [6, 6.07) is 16.6. The van der Waals surface area contributed by atoms with Gasteiger partial charge in [-0.15, -0.1) is 0 Å². The first-order valence-corrected chi connectivity index (χ1v) is 7.37. The topological polar surface area (TPSA) is 0 Å². The molecule has 1 unspecified atom stereocenters. The number of rotatable bonds is 3. The quantitative estimate of drug-likeness (QED) is 0.612. The highest BCUT2D eigenvalue weighted by Crippen LogP contribution is 2.35. The molecule has 2 aromatic carbocycles. The van der Waals surface area contributed by atoms with E-state index < -0.39 is 0 Å². The van der Waals surface area contributed by atoms with Crippen molar-refractivity contribution < 1.29 is 0 Å². The number of hydrogen-bond acceptors (Lipinski definition) is 0. The zero-order chi connectivity index (χ0) is 13.1. The number of hydrogen-bond donors (Lipinski definition) is 0. The van der Waals surface area contributed by atoms with Gasteiger partial charge in [-0.25, -0.2) is 0 Å². The highest BCUT2D eigenvalue weighted by molar-refractivity contribution is 9.09. The molecule has 0 aromatic heterocycles. The minimum atomic E-state index is 0.146. The molecule has 0 nitrogen and oxygen atoms in total. The van der Waals surface area contributed by atoms with E-state index in [4.69, 9.17) is 11.6 Å². The summed E-state index contributed by atoms with van der Waals surface area (Å²) in [6.07, 6.45) is 0. The van der Waals surface area contributed by atoms with Crippen molar-refractivity contribution in [2.75, 3.05) is 0 Å². The van der Waals surface area contributed by atoms with Gasteiger partial charge in [0.05, 0.1) is 4.83 Å². The summed E-state index contributed by atoms with van der Waals surface area (Å²) in [5.41, 5.74) is 3.70. The van der Waals surface area contributed by atoms with Crippen molar-refractivity contribution in [2.45, 2.75) is 24.6 Å². The van der Waals surface area contributed by atoms with E-state index in [1.165, 1.54) is 11.1 Å². The molecular formula is C16H16BrCl. The predicted octanol–water partition coefficient (Wildman–Crippen LogP) is 5.95. The van der Waals surface area contributed by atoms with Crippen molar-refractivity contribution in [3.8, 4) is 0 Å². The SMILES string of the molecule is CC(C)c1ccc(C(Br)c2ccccc2Cl)cc1. The Hall–Kier alpha value is -0.790. The van der Waals surface area contributed by atoms with Gasteiger partial charge >= 0.3 is 0 Å². The van der Waals surface area contributed by atoms with Crippen LogP contribution in [0.3, 0.4) is 0 Å². The molecule has 0 radical (unpaired) electrons. The summed E-state index contributed by atoms with van der Waals surface area (Å²) in [4.78, 5) is 0.146. The smallest absolute Gasteiger partial charge is 0.0659 e. The number of halogens is 2. The molecule has 0 amide bonds. The molecule has 0 N–H and O–H groups in total. The molecule has 2 aromatic rings. The fraction of sp³-hybridized carbons (Fsp3) is 0.250. The normalized spacial score (nSPS) is 12.7. The van der Waals surface area contributed by atoms with E-state index in [1.807, 2.05) is 18.2 Å². The molecule has 2 rings (SSSR count). The summed E-state index contributed by atoms with van der Waals surface area (Å²) in [7, 11) is 0. The Morgan fingerprint density at radius 1 is 0.889 bits per heavy atom. The van der Waals surface area contributed by atoms with Crippen molar-refractivity contribution in [2.24, 2.45) is 0 Å².